The first-order valence-corrected chi connectivity index (χ1v) is 7.36. The van der Waals surface area contributed by atoms with Crippen molar-refractivity contribution >= 4 is 16.9 Å². The van der Waals surface area contributed by atoms with Gasteiger partial charge in [-0.2, -0.15) is 5.10 Å². The average molecular weight is 290 g/mol. The van der Waals surface area contributed by atoms with Crippen molar-refractivity contribution in [3.63, 3.8) is 0 Å². The maximum absolute atomic E-state index is 9.56. The zero-order chi connectivity index (χ0) is 15.0. The van der Waals surface area contributed by atoms with E-state index in [2.05, 4.69) is 31.8 Å². The van der Waals surface area contributed by atoms with E-state index in [9.17, 15) is 5.11 Å². The number of nitrogens with zero attached hydrogens (tertiary/aromatic N) is 6. The summed E-state index contributed by atoms with van der Waals surface area (Å²) in [5, 5.41) is 14.8. The molecule has 7 nitrogen and oxygen atoms in total. The Morgan fingerprint density at radius 1 is 1.38 bits per heavy atom. The predicted molar refractivity (Wildman–Crippen MR) is 81.2 cm³/mol. The van der Waals surface area contributed by atoms with Crippen LogP contribution in [0.15, 0.2) is 12.5 Å². The van der Waals surface area contributed by atoms with Crippen LogP contribution in [0.3, 0.4) is 0 Å². The second-order valence-electron chi connectivity index (χ2n) is 5.84. The molecule has 3 rings (SSSR count). The Kier molecular flexibility index (Phi) is 3.77. The Morgan fingerprint density at radius 2 is 2.19 bits per heavy atom. The number of piperazine rings is 1. The molecule has 0 saturated carbocycles. The van der Waals surface area contributed by atoms with Gasteiger partial charge in [0.05, 0.1) is 17.7 Å². The number of hydrogen-bond donors (Lipinski definition) is 1. The Labute approximate surface area is 124 Å². The summed E-state index contributed by atoms with van der Waals surface area (Å²) in [6, 6.07) is 0.384. The Morgan fingerprint density at radius 3 is 2.90 bits per heavy atom. The molecule has 21 heavy (non-hydrogen) atoms. The van der Waals surface area contributed by atoms with E-state index in [0.717, 1.165) is 43.0 Å². The average Bonchev–Trinajstić information content (AvgIpc) is 2.83. The zero-order valence-corrected chi connectivity index (χ0v) is 12.8. The lowest BCUT2D eigenvalue weighted by atomic mass is 10.1. The molecule has 1 N–H and O–H groups in total. The second kappa shape index (κ2) is 5.57. The van der Waals surface area contributed by atoms with Crippen LogP contribution in [0.2, 0.25) is 0 Å². The van der Waals surface area contributed by atoms with Crippen molar-refractivity contribution in [3.8, 4) is 0 Å². The smallest absolute Gasteiger partial charge is 0.163 e. The van der Waals surface area contributed by atoms with Gasteiger partial charge in [0.2, 0.25) is 0 Å². The van der Waals surface area contributed by atoms with Crippen LogP contribution in [0.1, 0.15) is 13.8 Å². The van der Waals surface area contributed by atoms with Crippen molar-refractivity contribution in [1.29, 1.82) is 0 Å². The fourth-order valence-corrected chi connectivity index (χ4v) is 3.00. The largest absolute Gasteiger partial charge is 0.392 e. The third kappa shape index (κ3) is 2.71. The summed E-state index contributed by atoms with van der Waals surface area (Å²) in [4.78, 5) is 13.4. The predicted octanol–water partition coefficient (Wildman–Crippen LogP) is 0.255. The number of hydrogen-bond acceptors (Lipinski definition) is 6. The Bertz CT molecular complexity index is 625. The summed E-state index contributed by atoms with van der Waals surface area (Å²) in [7, 11) is 1.89. The van der Waals surface area contributed by atoms with Crippen LogP contribution in [-0.4, -0.2) is 68.1 Å². The van der Waals surface area contributed by atoms with Crippen molar-refractivity contribution in [2.24, 2.45) is 7.05 Å². The summed E-state index contributed by atoms with van der Waals surface area (Å²) in [6.45, 7) is 7.48. The Hall–Kier alpha value is -1.73. The summed E-state index contributed by atoms with van der Waals surface area (Å²) < 4.78 is 1.77. The van der Waals surface area contributed by atoms with Gasteiger partial charge < -0.3 is 10.0 Å². The molecule has 1 saturated heterocycles. The monoisotopic (exact) mass is 290 g/mol. The molecule has 0 unspecified atom stereocenters. The van der Waals surface area contributed by atoms with Gasteiger partial charge in [0.15, 0.2) is 5.65 Å². The minimum atomic E-state index is -0.289. The van der Waals surface area contributed by atoms with Crippen LogP contribution in [0.25, 0.3) is 11.0 Å². The quantitative estimate of drug-likeness (QED) is 0.874. The minimum Gasteiger partial charge on any atom is -0.392 e. The lowest BCUT2D eigenvalue weighted by Crippen LogP contribution is -2.53. The van der Waals surface area contributed by atoms with Crippen LogP contribution in [0.5, 0.6) is 0 Å². The highest BCUT2D eigenvalue weighted by molar-refractivity contribution is 5.86. The van der Waals surface area contributed by atoms with Gasteiger partial charge in [-0.15, -0.1) is 0 Å². The normalized spacial score (nSPS) is 21.9. The van der Waals surface area contributed by atoms with Crippen LogP contribution < -0.4 is 4.90 Å². The van der Waals surface area contributed by atoms with Crippen molar-refractivity contribution < 1.29 is 5.11 Å². The molecule has 0 radical (unpaired) electrons. The highest BCUT2D eigenvalue weighted by Crippen LogP contribution is 2.24. The van der Waals surface area contributed by atoms with Crippen molar-refractivity contribution in [2.75, 3.05) is 31.1 Å². The van der Waals surface area contributed by atoms with E-state index in [0.29, 0.717) is 6.04 Å². The molecule has 7 heteroatoms. The summed E-state index contributed by atoms with van der Waals surface area (Å²) >= 11 is 0. The van der Waals surface area contributed by atoms with E-state index >= 15 is 0 Å². The van der Waals surface area contributed by atoms with E-state index in [4.69, 9.17) is 0 Å². The zero-order valence-electron chi connectivity index (χ0n) is 12.8. The topological polar surface area (TPSA) is 70.3 Å². The first-order chi connectivity index (χ1) is 10.1. The van der Waals surface area contributed by atoms with Gasteiger partial charge in [-0.25, -0.2) is 9.97 Å². The van der Waals surface area contributed by atoms with E-state index < -0.39 is 0 Å². The molecule has 1 fully saturated rings. The fraction of sp³-hybridized carbons (Fsp3) is 0.643. The third-order valence-corrected chi connectivity index (χ3v) is 4.07. The van der Waals surface area contributed by atoms with Crippen LogP contribution in [0.4, 0.5) is 5.82 Å². The summed E-state index contributed by atoms with van der Waals surface area (Å²) in [5.74, 6) is 0.955. The van der Waals surface area contributed by atoms with Gasteiger partial charge in [-0.1, -0.05) is 0 Å². The number of anilines is 1. The van der Waals surface area contributed by atoms with Gasteiger partial charge >= 0.3 is 0 Å². The number of aliphatic hydroxyl groups excluding tert-OH is 1. The van der Waals surface area contributed by atoms with Gasteiger partial charge in [0.1, 0.15) is 12.1 Å². The van der Waals surface area contributed by atoms with Crippen LogP contribution in [0, 0.1) is 0 Å². The molecule has 114 valence electrons. The van der Waals surface area contributed by atoms with Gasteiger partial charge in [0, 0.05) is 39.3 Å². The molecule has 0 bridgehead atoms. The highest BCUT2D eigenvalue weighted by Gasteiger charge is 2.26. The molecule has 1 aliphatic heterocycles. The fourth-order valence-electron chi connectivity index (χ4n) is 3.00. The maximum atomic E-state index is 9.56. The minimum absolute atomic E-state index is 0.289. The SMILES string of the molecule is C[C@@H]1CN(c2ncnc3c2cnn3C)CCN1C[C@@H](C)O. The molecule has 2 aromatic heterocycles. The first kappa shape index (κ1) is 14.2. The van der Waals surface area contributed by atoms with Crippen LogP contribution >= 0.6 is 0 Å². The maximum Gasteiger partial charge on any atom is 0.163 e. The molecule has 0 amide bonds. The number of fused-ring (bicyclic) bond motifs is 1. The second-order valence-corrected chi connectivity index (χ2v) is 5.84. The van der Waals surface area contributed by atoms with Gasteiger partial charge in [-0.3, -0.25) is 9.58 Å². The van der Waals surface area contributed by atoms with Crippen molar-refractivity contribution in [3.05, 3.63) is 12.5 Å². The van der Waals surface area contributed by atoms with E-state index in [1.807, 2.05) is 20.2 Å². The molecular weight excluding hydrogens is 268 g/mol. The molecular formula is C14H22N6O. The van der Waals surface area contributed by atoms with Gasteiger partial charge in [0.25, 0.3) is 0 Å². The lowest BCUT2D eigenvalue weighted by molar-refractivity contribution is 0.0959. The van der Waals surface area contributed by atoms with Crippen molar-refractivity contribution in [2.45, 2.75) is 26.0 Å². The third-order valence-electron chi connectivity index (χ3n) is 4.07. The number of aliphatic hydroxyl groups is 1. The first-order valence-electron chi connectivity index (χ1n) is 7.36. The number of aromatic nitrogens is 4. The standard InChI is InChI=1S/C14H22N6O/c1-10-7-20(5-4-19(10)8-11(2)21)14-12-6-17-18(3)13(12)15-9-16-14/h6,9-11,21H,4-5,7-8H2,1-3H3/t10-,11-/m1/s1. The Balaban J connectivity index is 1.82. The lowest BCUT2D eigenvalue weighted by Gasteiger charge is -2.41. The van der Waals surface area contributed by atoms with E-state index in [-0.39, 0.29) is 6.10 Å². The summed E-state index contributed by atoms with van der Waals surface area (Å²) in [6.07, 6.45) is 3.15. The highest BCUT2D eigenvalue weighted by atomic mass is 16.3. The molecule has 2 atom stereocenters. The number of aryl methyl sites for hydroxylation is 1. The summed E-state index contributed by atoms with van der Waals surface area (Å²) in [5.41, 5.74) is 0.860. The van der Waals surface area contributed by atoms with Crippen LogP contribution in [-0.2, 0) is 7.05 Å². The molecule has 2 aromatic rings. The molecule has 0 aliphatic carbocycles. The molecule has 3 heterocycles. The molecule has 0 aromatic carbocycles. The molecule has 1 aliphatic rings. The molecule has 0 spiro atoms. The van der Waals surface area contributed by atoms with E-state index in [1.54, 1.807) is 11.0 Å². The number of rotatable bonds is 3. The number of β-amino-alcohol motifs (C(OH)–C–C–N with tert-alkyl or cyclic N) is 1. The van der Waals surface area contributed by atoms with Gasteiger partial charge in [-0.05, 0) is 13.8 Å². The van der Waals surface area contributed by atoms with E-state index in [1.165, 1.54) is 0 Å². The van der Waals surface area contributed by atoms with Crippen molar-refractivity contribution in [1.82, 2.24) is 24.6 Å².